The van der Waals surface area contributed by atoms with Crippen molar-refractivity contribution < 1.29 is 29.2 Å². The Morgan fingerprint density at radius 2 is 1.92 bits per heavy atom. The van der Waals surface area contributed by atoms with Crippen LogP contribution < -0.4 is 19.9 Å². The Kier molecular flexibility index (Phi) is 8.06. The number of hydrogen-bond acceptors (Lipinski definition) is 8. The fraction of sp³-hybridized carbons (Fsp3) is 0.400. The van der Waals surface area contributed by atoms with Crippen molar-refractivity contribution in [2.75, 3.05) is 26.9 Å². The first-order valence-electron chi connectivity index (χ1n) is 12.8. The van der Waals surface area contributed by atoms with Crippen LogP contribution in [0.4, 0.5) is 0 Å². The monoisotopic (exact) mass is 520 g/mol. The van der Waals surface area contributed by atoms with Crippen LogP contribution in [-0.2, 0) is 11.1 Å². The molecule has 0 saturated heterocycles. The summed E-state index contributed by atoms with van der Waals surface area (Å²) in [5.74, 6) is 1.34. The van der Waals surface area contributed by atoms with E-state index in [-0.39, 0.29) is 31.8 Å². The van der Waals surface area contributed by atoms with Crippen LogP contribution in [0.25, 0.3) is 11.3 Å². The van der Waals surface area contributed by atoms with Crippen LogP contribution in [0.3, 0.4) is 0 Å². The molecule has 202 valence electrons. The lowest BCUT2D eigenvalue weighted by Crippen LogP contribution is -2.37. The number of nitrogens with two attached hydrogens (primary N) is 1. The molecule has 2 atom stereocenters. The summed E-state index contributed by atoms with van der Waals surface area (Å²) in [6, 6.07) is 14.7. The van der Waals surface area contributed by atoms with Crippen LogP contribution in [-0.4, -0.2) is 47.9 Å². The van der Waals surface area contributed by atoms with E-state index in [1.807, 2.05) is 44.2 Å². The smallest absolute Gasteiger partial charge is 0.163 e. The molecule has 0 bridgehead atoms. The molecule has 0 radical (unpaired) electrons. The number of benzene rings is 2. The molecule has 8 heteroatoms. The summed E-state index contributed by atoms with van der Waals surface area (Å²) in [6.45, 7) is 6.03. The van der Waals surface area contributed by atoms with Gasteiger partial charge in [-0.1, -0.05) is 36.8 Å². The number of aromatic nitrogens is 1. The molecule has 4 rings (SSSR count). The number of carbonyl (C=O) groups is 1. The van der Waals surface area contributed by atoms with Gasteiger partial charge < -0.3 is 30.2 Å². The van der Waals surface area contributed by atoms with Gasteiger partial charge in [-0.25, -0.2) is 4.98 Å². The van der Waals surface area contributed by atoms with Gasteiger partial charge in [-0.3, -0.25) is 4.79 Å². The van der Waals surface area contributed by atoms with Crippen molar-refractivity contribution >= 4 is 5.78 Å². The van der Waals surface area contributed by atoms with Crippen LogP contribution >= 0.6 is 0 Å². The zero-order valence-corrected chi connectivity index (χ0v) is 22.4. The topological polar surface area (TPSA) is 124 Å². The molecule has 1 aliphatic heterocycles. The summed E-state index contributed by atoms with van der Waals surface area (Å²) in [5.41, 5.74) is 8.95. The van der Waals surface area contributed by atoms with E-state index < -0.39 is 11.1 Å². The van der Waals surface area contributed by atoms with Crippen molar-refractivity contribution in [3.8, 4) is 28.5 Å². The number of aliphatic hydroxyl groups is 2. The lowest BCUT2D eigenvalue weighted by Gasteiger charge is -2.26. The highest BCUT2D eigenvalue weighted by molar-refractivity contribution is 5.96. The summed E-state index contributed by atoms with van der Waals surface area (Å²) >= 11 is 0. The molecule has 8 nitrogen and oxygen atoms in total. The number of aliphatic hydroxyl groups excluding tert-OH is 1. The van der Waals surface area contributed by atoms with E-state index in [1.54, 1.807) is 25.1 Å². The molecule has 0 unspecified atom stereocenters. The second-order valence-corrected chi connectivity index (χ2v) is 10.0. The van der Waals surface area contributed by atoms with Gasteiger partial charge in [0.25, 0.3) is 0 Å². The van der Waals surface area contributed by atoms with E-state index >= 15 is 0 Å². The molecule has 2 heterocycles. The summed E-state index contributed by atoms with van der Waals surface area (Å²) in [5, 5.41) is 20.5. The van der Waals surface area contributed by atoms with Crippen LogP contribution in [0.2, 0.25) is 0 Å². The van der Waals surface area contributed by atoms with Crippen molar-refractivity contribution in [3.63, 3.8) is 0 Å². The quantitative estimate of drug-likeness (QED) is 0.320. The second kappa shape index (κ2) is 11.1. The number of rotatable bonds is 11. The molecule has 0 spiro atoms. The van der Waals surface area contributed by atoms with Crippen LogP contribution in [0.5, 0.6) is 17.2 Å². The Morgan fingerprint density at radius 3 is 2.58 bits per heavy atom. The number of hydrogen-bond donors (Lipinski definition) is 3. The second-order valence-electron chi connectivity index (χ2n) is 10.0. The summed E-state index contributed by atoms with van der Waals surface area (Å²) < 4.78 is 16.8. The Balaban J connectivity index is 1.62. The van der Waals surface area contributed by atoms with Gasteiger partial charge in [-0.2, -0.15) is 0 Å². The van der Waals surface area contributed by atoms with Gasteiger partial charge in [-0.15, -0.1) is 0 Å². The van der Waals surface area contributed by atoms with E-state index in [2.05, 4.69) is 0 Å². The van der Waals surface area contributed by atoms with Gasteiger partial charge in [0.05, 0.1) is 24.9 Å². The zero-order chi connectivity index (χ0) is 27.5. The van der Waals surface area contributed by atoms with E-state index in [1.165, 1.54) is 7.11 Å². The molecule has 38 heavy (non-hydrogen) atoms. The molecular formula is C30H36N2O6. The average Bonchev–Trinajstić information content (AvgIpc) is 3.27. The van der Waals surface area contributed by atoms with Gasteiger partial charge in [0, 0.05) is 23.1 Å². The molecule has 3 aromatic rings. The first-order chi connectivity index (χ1) is 18.1. The fourth-order valence-corrected chi connectivity index (χ4v) is 4.55. The van der Waals surface area contributed by atoms with Crippen LogP contribution in [0.15, 0.2) is 48.5 Å². The first kappa shape index (κ1) is 27.6. The zero-order valence-electron chi connectivity index (χ0n) is 22.4. The minimum Gasteiger partial charge on any atom is -0.493 e. The predicted octanol–water partition coefficient (Wildman–Crippen LogP) is 4.26. The maximum Gasteiger partial charge on any atom is 0.163 e. The number of ketones is 1. The highest BCUT2D eigenvalue weighted by Gasteiger charge is 2.40. The Morgan fingerprint density at radius 1 is 1.18 bits per heavy atom. The third-order valence-corrected chi connectivity index (χ3v) is 7.16. The third kappa shape index (κ3) is 5.53. The molecule has 0 saturated carbocycles. The number of methoxy groups -OCH3 is 1. The van der Waals surface area contributed by atoms with Crippen LogP contribution in [0, 0.1) is 6.92 Å². The minimum absolute atomic E-state index is 0.0870. The molecule has 1 aromatic heterocycles. The first-order valence-corrected chi connectivity index (χ1v) is 12.8. The third-order valence-electron chi connectivity index (χ3n) is 7.16. The minimum atomic E-state index is -1.39. The Hall–Kier alpha value is -3.46. The molecule has 0 aliphatic carbocycles. The number of nitrogens with zero attached hydrogens (tertiary/aromatic N) is 1. The van der Waals surface area contributed by atoms with Gasteiger partial charge in [-0.05, 0) is 51.0 Å². The van der Waals surface area contributed by atoms with E-state index in [9.17, 15) is 9.90 Å². The summed E-state index contributed by atoms with van der Waals surface area (Å²) in [4.78, 5) is 17.9. The molecule has 0 amide bonds. The number of fused-ring (bicyclic) bond motifs is 1. The predicted molar refractivity (Wildman–Crippen MR) is 145 cm³/mol. The van der Waals surface area contributed by atoms with Crippen LogP contribution in [0.1, 0.15) is 60.3 Å². The standard InChI is InChI=1S/C30H36N2O6/c1-5-30(31)18-38-28-22(30)17-26(32-27(28)20-8-6-19(2)7-9-20)29(3,35)13-12-23(34)21-10-11-24(37-15-14-33)25(16-21)36-4/h6-11,16-17,33,35H,5,12-15,18,31H2,1-4H3/t29-,30-/m1/s1. The molecule has 0 fully saturated rings. The molecular weight excluding hydrogens is 484 g/mol. The number of aryl methyl sites for hydroxylation is 1. The highest BCUT2D eigenvalue weighted by Crippen LogP contribution is 2.45. The summed E-state index contributed by atoms with van der Waals surface area (Å²) in [7, 11) is 1.49. The van der Waals surface area contributed by atoms with Crippen molar-refractivity contribution in [3.05, 3.63) is 70.9 Å². The summed E-state index contributed by atoms with van der Waals surface area (Å²) in [6.07, 6.45) is 0.904. The van der Waals surface area contributed by atoms with E-state index in [4.69, 9.17) is 30.0 Å². The number of pyridine rings is 1. The molecule has 2 aromatic carbocycles. The van der Waals surface area contributed by atoms with Crippen molar-refractivity contribution in [2.45, 2.75) is 51.2 Å². The van der Waals surface area contributed by atoms with E-state index in [0.717, 1.165) is 16.7 Å². The van der Waals surface area contributed by atoms with Crippen molar-refractivity contribution in [1.82, 2.24) is 4.98 Å². The maximum absolute atomic E-state index is 13.1. The number of Topliss-reactive ketones (excluding diaryl/α,β-unsaturated/α-hetero) is 1. The SMILES string of the molecule is CC[C@@]1(N)COc2c1cc([C@](C)(O)CCC(=O)c1ccc(OCCO)c(OC)c1)nc2-c1ccc(C)cc1. The highest BCUT2D eigenvalue weighted by atomic mass is 16.5. The Labute approximate surface area is 223 Å². The number of carbonyl (C=O) groups excluding carboxylic acids is 1. The normalized spacial score (nSPS) is 17.9. The van der Waals surface area contributed by atoms with Gasteiger partial charge >= 0.3 is 0 Å². The van der Waals surface area contributed by atoms with Crippen molar-refractivity contribution in [1.29, 1.82) is 0 Å². The largest absolute Gasteiger partial charge is 0.493 e. The lowest BCUT2D eigenvalue weighted by atomic mass is 9.86. The van der Waals surface area contributed by atoms with Crippen molar-refractivity contribution in [2.24, 2.45) is 5.73 Å². The van der Waals surface area contributed by atoms with E-state index in [0.29, 0.717) is 47.2 Å². The van der Waals surface area contributed by atoms with Gasteiger partial charge in [0.1, 0.15) is 24.5 Å². The maximum atomic E-state index is 13.1. The Bertz CT molecular complexity index is 1300. The average molecular weight is 521 g/mol. The van der Waals surface area contributed by atoms with Gasteiger partial charge in [0.2, 0.25) is 0 Å². The molecule has 1 aliphatic rings. The van der Waals surface area contributed by atoms with Gasteiger partial charge in [0.15, 0.2) is 23.0 Å². The fourth-order valence-electron chi connectivity index (χ4n) is 4.55. The lowest BCUT2D eigenvalue weighted by molar-refractivity contribution is 0.0396. The molecule has 4 N–H and O–H groups in total. The number of ether oxygens (including phenoxy) is 3.